The van der Waals surface area contributed by atoms with Crippen LogP contribution < -0.4 is 9.64 Å². The molecule has 4 rings (SSSR count). The van der Waals surface area contributed by atoms with Crippen LogP contribution in [0.3, 0.4) is 0 Å². The average Bonchev–Trinajstić information content (AvgIpc) is 3.17. The lowest BCUT2D eigenvalue weighted by atomic mass is 10.0. The second-order valence-electron chi connectivity index (χ2n) is 7.29. The van der Waals surface area contributed by atoms with Crippen molar-refractivity contribution < 1.29 is 27.8 Å². The van der Waals surface area contributed by atoms with Crippen LogP contribution in [0.25, 0.3) is 10.9 Å². The number of nitrogens with one attached hydrogen (secondary N) is 1. The molecule has 3 heterocycles. The third kappa shape index (κ3) is 4.02. The fourth-order valence-corrected chi connectivity index (χ4v) is 3.98. The van der Waals surface area contributed by atoms with Gasteiger partial charge in [-0.25, -0.2) is 4.98 Å². The Balaban J connectivity index is 1.52. The van der Waals surface area contributed by atoms with Gasteiger partial charge in [-0.1, -0.05) is 12.1 Å². The molecule has 31 heavy (non-hydrogen) atoms. The van der Waals surface area contributed by atoms with Gasteiger partial charge in [-0.05, 0) is 18.2 Å². The number of hydrogen-bond acceptors (Lipinski definition) is 5. The van der Waals surface area contributed by atoms with Crippen LogP contribution in [0.1, 0.15) is 17.2 Å². The van der Waals surface area contributed by atoms with Gasteiger partial charge in [0.1, 0.15) is 17.6 Å². The number of pyridine rings is 1. The number of methoxy groups -OCH3 is 1. The summed E-state index contributed by atoms with van der Waals surface area (Å²) in [5, 5.41) is 10.7. The number of carboxylic acid groups (broad SMARTS) is 1. The Labute approximate surface area is 176 Å². The van der Waals surface area contributed by atoms with Crippen molar-refractivity contribution in [1.29, 1.82) is 0 Å². The Kier molecular flexibility index (Phi) is 5.48. The van der Waals surface area contributed by atoms with Crippen LogP contribution in [-0.2, 0) is 11.0 Å². The molecule has 3 aromatic rings. The van der Waals surface area contributed by atoms with Gasteiger partial charge in [-0.2, -0.15) is 13.2 Å². The largest absolute Gasteiger partial charge is 0.495 e. The summed E-state index contributed by atoms with van der Waals surface area (Å²) < 4.78 is 43.6. The number of carboxylic acids is 1. The SMILES string of the molecule is COc1cccc2c([C@H](C(=O)O)N3CCN(c4ccc(C(F)(F)F)cn4)CC3)c[nH]c12. The number of para-hydroxylation sites is 1. The smallest absolute Gasteiger partial charge is 0.417 e. The van der Waals surface area contributed by atoms with E-state index in [2.05, 4.69) is 9.97 Å². The molecule has 164 valence electrons. The highest BCUT2D eigenvalue weighted by molar-refractivity contribution is 5.92. The van der Waals surface area contributed by atoms with E-state index >= 15 is 0 Å². The maximum atomic E-state index is 12.7. The molecule has 1 aromatic carbocycles. The standard InChI is InChI=1S/C21H21F3N4O3/c1-31-16-4-2-3-14-15(12-26-18(14)16)19(20(29)30)28-9-7-27(8-10-28)17-6-5-13(11-25-17)21(22,23)24/h2-6,11-12,19,26H,7-10H2,1H3,(H,29,30)/t19-/m1/s1. The Hall–Kier alpha value is -3.27. The summed E-state index contributed by atoms with van der Waals surface area (Å²) in [7, 11) is 1.55. The summed E-state index contributed by atoms with van der Waals surface area (Å²) in [6.45, 7) is 1.76. The van der Waals surface area contributed by atoms with Gasteiger partial charge in [-0.15, -0.1) is 0 Å². The fourth-order valence-electron chi connectivity index (χ4n) is 3.98. The van der Waals surface area contributed by atoms with E-state index < -0.39 is 23.8 Å². The van der Waals surface area contributed by atoms with Crippen molar-refractivity contribution in [1.82, 2.24) is 14.9 Å². The maximum Gasteiger partial charge on any atom is 0.417 e. The number of hydrogen-bond donors (Lipinski definition) is 2. The van der Waals surface area contributed by atoms with E-state index in [0.717, 1.165) is 23.2 Å². The van der Waals surface area contributed by atoms with Gasteiger partial charge >= 0.3 is 12.1 Å². The molecule has 0 bridgehead atoms. The number of benzene rings is 1. The molecule has 0 unspecified atom stereocenters. The first-order valence-electron chi connectivity index (χ1n) is 9.68. The van der Waals surface area contributed by atoms with Gasteiger partial charge in [-0.3, -0.25) is 9.69 Å². The van der Waals surface area contributed by atoms with Crippen LogP contribution in [0.5, 0.6) is 5.75 Å². The van der Waals surface area contributed by atoms with Gasteiger partial charge in [0.25, 0.3) is 0 Å². The number of ether oxygens (including phenoxy) is 1. The van der Waals surface area contributed by atoms with Gasteiger partial charge in [0, 0.05) is 49.5 Å². The number of carbonyl (C=O) groups is 1. The predicted octanol–water partition coefficient (Wildman–Crippen LogP) is 3.54. The van der Waals surface area contributed by atoms with Crippen LogP contribution in [0.15, 0.2) is 42.7 Å². The summed E-state index contributed by atoms with van der Waals surface area (Å²) in [5.41, 5.74) is 0.580. The van der Waals surface area contributed by atoms with Crippen LogP contribution in [0.2, 0.25) is 0 Å². The second-order valence-corrected chi connectivity index (χ2v) is 7.29. The molecule has 1 aliphatic rings. The van der Waals surface area contributed by atoms with Crippen molar-refractivity contribution in [3.8, 4) is 5.75 Å². The zero-order valence-electron chi connectivity index (χ0n) is 16.7. The average molecular weight is 434 g/mol. The summed E-state index contributed by atoms with van der Waals surface area (Å²) in [6, 6.07) is 6.96. The van der Waals surface area contributed by atoms with Crippen LogP contribution in [0, 0.1) is 0 Å². The van der Waals surface area contributed by atoms with Crippen molar-refractivity contribution in [2.75, 3.05) is 38.2 Å². The Bertz CT molecular complexity index is 1070. The van der Waals surface area contributed by atoms with E-state index in [1.54, 1.807) is 19.4 Å². The van der Waals surface area contributed by atoms with E-state index in [9.17, 15) is 23.1 Å². The molecule has 1 saturated heterocycles. The molecule has 0 aliphatic carbocycles. The van der Waals surface area contributed by atoms with Crippen LogP contribution in [0.4, 0.5) is 19.0 Å². The summed E-state index contributed by atoms with van der Waals surface area (Å²) in [4.78, 5) is 22.9. The first-order valence-corrected chi connectivity index (χ1v) is 9.68. The number of fused-ring (bicyclic) bond motifs is 1. The monoisotopic (exact) mass is 434 g/mol. The van der Waals surface area contributed by atoms with Crippen molar-refractivity contribution in [3.05, 3.63) is 53.9 Å². The Morgan fingerprint density at radius 1 is 1.19 bits per heavy atom. The van der Waals surface area contributed by atoms with Gasteiger partial charge in [0.2, 0.25) is 0 Å². The predicted molar refractivity (Wildman–Crippen MR) is 108 cm³/mol. The molecule has 0 saturated carbocycles. The highest BCUT2D eigenvalue weighted by Gasteiger charge is 2.34. The fraction of sp³-hybridized carbons (Fsp3) is 0.333. The molecule has 1 fully saturated rings. The van der Waals surface area contributed by atoms with E-state index in [-0.39, 0.29) is 0 Å². The molecule has 1 atom stereocenters. The third-order valence-corrected chi connectivity index (χ3v) is 5.54. The van der Waals surface area contributed by atoms with Crippen molar-refractivity contribution in [2.45, 2.75) is 12.2 Å². The quantitative estimate of drug-likeness (QED) is 0.640. The van der Waals surface area contributed by atoms with E-state index in [4.69, 9.17) is 4.74 Å². The van der Waals surface area contributed by atoms with Gasteiger partial charge in [0.15, 0.2) is 0 Å². The van der Waals surface area contributed by atoms with Gasteiger partial charge < -0.3 is 19.7 Å². The Morgan fingerprint density at radius 3 is 2.52 bits per heavy atom. The number of alkyl halides is 3. The zero-order chi connectivity index (χ0) is 22.2. The van der Waals surface area contributed by atoms with Crippen molar-refractivity contribution >= 4 is 22.7 Å². The first kappa shape index (κ1) is 21.0. The minimum atomic E-state index is -4.43. The topological polar surface area (TPSA) is 81.7 Å². The van der Waals surface area contributed by atoms with E-state index in [0.29, 0.717) is 43.3 Å². The molecule has 2 aromatic heterocycles. The lowest BCUT2D eigenvalue weighted by molar-refractivity contribution is -0.143. The number of halogens is 3. The second kappa shape index (κ2) is 8.10. The van der Waals surface area contributed by atoms with Crippen LogP contribution >= 0.6 is 0 Å². The molecule has 1 aliphatic heterocycles. The molecule has 0 spiro atoms. The molecule has 7 nitrogen and oxygen atoms in total. The lowest BCUT2D eigenvalue weighted by Crippen LogP contribution is -2.49. The molecule has 0 amide bonds. The third-order valence-electron chi connectivity index (χ3n) is 5.54. The summed E-state index contributed by atoms with van der Waals surface area (Å²) in [6.07, 6.45) is -1.92. The minimum Gasteiger partial charge on any atom is -0.495 e. The van der Waals surface area contributed by atoms with E-state index in [1.807, 2.05) is 21.9 Å². The highest BCUT2D eigenvalue weighted by Crippen LogP contribution is 2.34. The zero-order valence-corrected chi connectivity index (χ0v) is 16.7. The first-order chi connectivity index (χ1) is 14.8. The molecular formula is C21H21F3N4O3. The number of nitrogens with zero attached hydrogens (tertiary/aromatic N) is 3. The van der Waals surface area contributed by atoms with Crippen LogP contribution in [-0.4, -0.2) is 59.2 Å². The van der Waals surface area contributed by atoms with Gasteiger partial charge in [0.05, 0.1) is 18.2 Å². The summed E-state index contributed by atoms with van der Waals surface area (Å²) in [5.74, 6) is 0.104. The Morgan fingerprint density at radius 2 is 1.94 bits per heavy atom. The van der Waals surface area contributed by atoms with Crippen molar-refractivity contribution in [3.63, 3.8) is 0 Å². The minimum absolute atomic E-state index is 0.427. The number of aliphatic carboxylic acids is 1. The number of rotatable bonds is 5. The number of aromatic amines is 1. The maximum absolute atomic E-state index is 12.7. The van der Waals surface area contributed by atoms with Crippen molar-refractivity contribution in [2.24, 2.45) is 0 Å². The number of H-pyrrole nitrogens is 1. The highest BCUT2D eigenvalue weighted by atomic mass is 19.4. The lowest BCUT2D eigenvalue weighted by Gasteiger charge is -2.38. The number of anilines is 1. The normalized spacial score (nSPS) is 16.5. The molecular weight excluding hydrogens is 413 g/mol. The summed E-state index contributed by atoms with van der Waals surface area (Å²) >= 11 is 0. The van der Waals surface area contributed by atoms with E-state index in [1.165, 1.54) is 6.07 Å². The molecule has 10 heteroatoms. The number of aromatic nitrogens is 2. The molecule has 2 N–H and O–H groups in total. The molecule has 0 radical (unpaired) electrons. The number of piperazine rings is 1.